The highest BCUT2D eigenvalue weighted by Crippen LogP contribution is 2.25. The molecule has 0 aromatic heterocycles. The highest BCUT2D eigenvalue weighted by molar-refractivity contribution is 6.42. The third kappa shape index (κ3) is 4.55. The normalized spacial score (nSPS) is 10.5. The third-order valence-electron chi connectivity index (χ3n) is 3.12. The molecule has 22 heavy (non-hydrogen) atoms. The van der Waals surface area contributed by atoms with Crippen LogP contribution in [0.4, 0.5) is 0 Å². The first-order valence-electron chi connectivity index (χ1n) is 6.67. The summed E-state index contributed by atoms with van der Waals surface area (Å²) in [5, 5.41) is 22.3. The van der Waals surface area contributed by atoms with E-state index in [1.54, 1.807) is 24.3 Å². The second-order valence-electron chi connectivity index (χ2n) is 4.85. The average Bonchev–Trinajstić information content (AvgIpc) is 2.47. The van der Waals surface area contributed by atoms with Crippen LogP contribution in [0.25, 0.3) is 0 Å². The molecule has 0 spiro atoms. The van der Waals surface area contributed by atoms with Crippen molar-refractivity contribution >= 4 is 29.1 Å². The van der Waals surface area contributed by atoms with E-state index in [9.17, 15) is 15.0 Å². The topological polar surface area (TPSA) is 69.6 Å². The van der Waals surface area contributed by atoms with Crippen LogP contribution in [-0.2, 0) is 17.6 Å². The number of hydrogen-bond donors (Lipinski definition) is 3. The summed E-state index contributed by atoms with van der Waals surface area (Å²) in [5.41, 5.74) is 1.61. The van der Waals surface area contributed by atoms with Crippen molar-refractivity contribution in [1.29, 1.82) is 0 Å². The maximum Gasteiger partial charge on any atom is 0.224 e. The Morgan fingerprint density at radius 3 is 2.36 bits per heavy atom. The maximum absolute atomic E-state index is 11.8. The highest BCUT2D eigenvalue weighted by Gasteiger charge is 2.06. The molecule has 0 fully saturated rings. The summed E-state index contributed by atoms with van der Waals surface area (Å²) in [5.74, 6) is -0.451. The number of carbonyl (C=O) groups is 1. The number of phenols is 2. The van der Waals surface area contributed by atoms with Crippen LogP contribution in [0.5, 0.6) is 11.5 Å². The van der Waals surface area contributed by atoms with E-state index in [-0.39, 0.29) is 23.8 Å². The second-order valence-corrected chi connectivity index (χ2v) is 5.66. The van der Waals surface area contributed by atoms with Crippen molar-refractivity contribution in [1.82, 2.24) is 5.32 Å². The molecule has 3 N–H and O–H groups in total. The number of carbonyl (C=O) groups excluding carboxylic acids is 1. The first-order valence-corrected chi connectivity index (χ1v) is 7.43. The molecule has 2 aromatic carbocycles. The molecular formula is C16H15Cl2NO3. The van der Waals surface area contributed by atoms with E-state index >= 15 is 0 Å². The average molecular weight is 340 g/mol. The number of halogens is 2. The van der Waals surface area contributed by atoms with Gasteiger partial charge >= 0.3 is 0 Å². The fourth-order valence-electron chi connectivity index (χ4n) is 1.97. The molecule has 0 atom stereocenters. The van der Waals surface area contributed by atoms with Gasteiger partial charge in [0.1, 0.15) is 0 Å². The lowest BCUT2D eigenvalue weighted by Crippen LogP contribution is -2.27. The van der Waals surface area contributed by atoms with Gasteiger partial charge in [-0.1, -0.05) is 35.3 Å². The molecule has 0 unspecified atom stereocenters. The largest absolute Gasteiger partial charge is 0.504 e. The Morgan fingerprint density at radius 1 is 0.955 bits per heavy atom. The minimum atomic E-state index is -0.167. The maximum atomic E-state index is 11.8. The number of amides is 1. The van der Waals surface area contributed by atoms with Crippen molar-refractivity contribution in [2.75, 3.05) is 6.54 Å². The zero-order chi connectivity index (χ0) is 16.1. The minimum absolute atomic E-state index is 0.124. The van der Waals surface area contributed by atoms with Crippen molar-refractivity contribution in [3.8, 4) is 11.5 Å². The Kier molecular flexibility index (Phi) is 5.52. The van der Waals surface area contributed by atoms with Crippen LogP contribution in [0.15, 0.2) is 36.4 Å². The molecular weight excluding hydrogens is 325 g/mol. The highest BCUT2D eigenvalue weighted by atomic mass is 35.5. The number of phenolic OH excluding ortho intramolecular Hbond substituents is 2. The van der Waals surface area contributed by atoms with Gasteiger partial charge in [-0.3, -0.25) is 4.79 Å². The fourth-order valence-corrected chi connectivity index (χ4v) is 2.29. The molecule has 0 aliphatic heterocycles. The van der Waals surface area contributed by atoms with Crippen molar-refractivity contribution < 1.29 is 15.0 Å². The molecule has 2 rings (SSSR count). The zero-order valence-electron chi connectivity index (χ0n) is 11.6. The van der Waals surface area contributed by atoms with Gasteiger partial charge in [0.05, 0.1) is 16.5 Å². The Labute approximate surface area is 138 Å². The lowest BCUT2D eigenvalue weighted by molar-refractivity contribution is -0.120. The van der Waals surface area contributed by atoms with Crippen molar-refractivity contribution in [3.05, 3.63) is 57.6 Å². The summed E-state index contributed by atoms with van der Waals surface area (Å²) in [7, 11) is 0. The summed E-state index contributed by atoms with van der Waals surface area (Å²) >= 11 is 11.7. The van der Waals surface area contributed by atoms with Crippen molar-refractivity contribution in [2.24, 2.45) is 0 Å². The molecule has 2 aromatic rings. The van der Waals surface area contributed by atoms with Gasteiger partial charge in [-0.2, -0.15) is 0 Å². The van der Waals surface area contributed by atoms with E-state index < -0.39 is 0 Å². The van der Waals surface area contributed by atoms with Gasteiger partial charge in [-0.05, 0) is 41.8 Å². The van der Waals surface area contributed by atoms with E-state index in [1.807, 2.05) is 0 Å². The lowest BCUT2D eigenvalue weighted by atomic mass is 10.1. The van der Waals surface area contributed by atoms with E-state index in [0.29, 0.717) is 23.0 Å². The van der Waals surface area contributed by atoms with Gasteiger partial charge < -0.3 is 15.5 Å². The number of hydrogen-bond acceptors (Lipinski definition) is 3. The van der Waals surface area contributed by atoms with Crippen LogP contribution in [-0.4, -0.2) is 22.7 Å². The molecule has 0 saturated carbocycles. The predicted molar refractivity (Wildman–Crippen MR) is 86.7 cm³/mol. The van der Waals surface area contributed by atoms with E-state index in [0.717, 1.165) is 11.1 Å². The van der Waals surface area contributed by atoms with E-state index in [2.05, 4.69) is 5.32 Å². The third-order valence-corrected chi connectivity index (χ3v) is 3.86. The fraction of sp³-hybridized carbons (Fsp3) is 0.188. The van der Waals surface area contributed by atoms with Crippen LogP contribution in [0.3, 0.4) is 0 Å². The predicted octanol–water partition coefficient (Wildman–Crippen LogP) is 3.31. The Hall–Kier alpha value is -1.91. The molecule has 0 bridgehead atoms. The van der Waals surface area contributed by atoms with E-state index in [1.165, 1.54) is 12.1 Å². The van der Waals surface area contributed by atoms with Gasteiger partial charge in [0.25, 0.3) is 0 Å². The van der Waals surface area contributed by atoms with E-state index in [4.69, 9.17) is 23.2 Å². The molecule has 0 aliphatic rings. The summed E-state index contributed by atoms with van der Waals surface area (Å²) < 4.78 is 0. The summed E-state index contributed by atoms with van der Waals surface area (Å²) in [6, 6.07) is 9.67. The Bertz CT molecular complexity index is 689. The first-order chi connectivity index (χ1) is 10.5. The number of rotatable bonds is 5. The van der Waals surface area contributed by atoms with Crippen LogP contribution in [0, 0.1) is 0 Å². The zero-order valence-corrected chi connectivity index (χ0v) is 13.2. The van der Waals surface area contributed by atoms with Gasteiger partial charge in [0.2, 0.25) is 5.91 Å². The number of aromatic hydroxyl groups is 2. The molecule has 116 valence electrons. The molecule has 0 aliphatic carbocycles. The molecule has 0 radical (unpaired) electrons. The Morgan fingerprint density at radius 2 is 1.68 bits per heavy atom. The van der Waals surface area contributed by atoms with Crippen LogP contribution < -0.4 is 5.32 Å². The molecule has 0 heterocycles. The van der Waals surface area contributed by atoms with Crippen LogP contribution in [0.2, 0.25) is 10.0 Å². The number of nitrogens with one attached hydrogen (secondary N) is 1. The number of benzene rings is 2. The lowest BCUT2D eigenvalue weighted by Gasteiger charge is -2.07. The van der Waals surface area contributed by atoms with Crippen molar-refractivity contribution in [2.45, 2.75) is 12.8 Å². The van der Waals surface area contributed by atoms with Gasteiger partial charge in [0, 0.05) is 6.54 Å². The quantitative estimate of drug-likeness (QED) is 0.732. The minimum Gasteiger partial charge on any atom is -0.504 e. The second kappa shape index (κ2) is 7.38. The molecule has 0 saturated heterocycles. The van der Waals surface area contributed by atoms with Crippen LogP contribution >= 0.6 is 23.2 Å². The summed E-state index contributed by atoms with van der Waals surface area (Å²) in [6.07, 6.45) is 0.776. The van der Waals surface area contributed by atoms with Crippen LogP contribution in [0.1, 0.15) is 11.1 Å². The molecule has 4 nitrogen and oxygen atoms in total. The molecule has 6 heteroatoms. The summed E-state index contributed by atoms with van der Waals surface area (Å²) in [6.45, 7) is 0.435. The first kappa shape index (κ1) is 16.5. The van der Waals surface area contributed by atoms with Gasteiger partial charge in [0.15, 0.2) is 11.5 Å². The monoisotopic (exact) mass is 339 g/mol. The summed E-state index contributed by atoms with van der Waals surface area (Å²) in [4.78, 5) is 11.8. The standard InChI is InChI=1S/C16H15Cl2NO3/c17-12-3-1-11(7-13(12)18)9-16(22)19-6-5-10-2-4-14(20)15(21)8-10/h1-4,7-8,20-21H,5-6,9H2,(H,19,22). The van der Waals surface area contributed by atoms with Gasteiger partial charge in [-0.25, -0.2) is 0 Å². The van der Waals surface area contributed by atoms with Crippen molar-refractivity contribution in [3.63, 3.8) is 0 Å². The molecule has 1 amide bonds. The smallest absolute Gasteiger partial charge is 0.224 e. The van der Waals surface area contributed by atoms with Gasteiger partial charge in [-0.15, -0.1) is 0 Å². The SMILES string of the molecule is O=C(Cc1ccc(Cl)c(Cl)c1)NCCc1ccc(O)c(O)c1. The Balaban J connectivity index is 1.82.